The van der Waals surface area contributed by atoms with E-state index in [-0.39, 0.29) is 17.6 Å². The first-order valence-electron chi connectivity index (χ1n) is 9.94. The Morgan fingerprint density at radius 3 is 1.93 bits per heavy atom. The first-order chi connectivity index (χ1) is 14.7. The molecule has 0 saturated carbocycles. The number of hydrogen-bond acceptors (Lipinski definition) is 3. The number of rotatable bonds is 9. The first-order valence-corrected chi connectivity index (χ1v) is 10.9. The van der Waals surface area contributed by atoms with Crippen LogP contribution in [0.15, 0.2) is 95.9 Å². The maximum absolute atomic E-state index is 13.3. The van der Waals surface area contributed by atoms with Crippen molar-refractivity contribution in [1.29, 1.82) is 0 Å². The molecule has 154 valence electrons. The highest BCUT2D eigenvalue weighted by Gasteiger charge is 2.29. The van der Waals surface area contributed by atoms with Crippen molar-refractivity contribution in [2.45, 2.75) is 23.9 Å². The third kappa shape index (κ3) is 6.22. The average Bonchev–Trinajstić information content (AvgIpc) is 2.81. The number of carbonyl (C=O) groups excluding carboxylic acids is 2. The van der Waals surface area contributed by atoms with Crippen LogP contribution in [0.4, 0.5) is 0 Å². The quantitative estimate of drug-likeness (QED) is 0.531. The number of amides is 2. The van der Waals surface area contributed by atoms with E-state index in [4.69, 9.17) is 0 Å². The fourth-order valence-electron chi connectivity index (χ4n) is 3.25. The molecule has 1 N–H and O–H groups in total. The van der Waals surface area contributed by atoms with Gasteiger partial charge in [-0.15, -0.1) is 11.8 Å². The zero-order valence-electron chi connectivity index (χ0n) is 17.0. The van der Waals surface area contributed by atoms with Crippen LogP contribution in [0.2, 0.25) is 0 Å². The second-order valence-corrected chi connectivity index (χ2v) is 7.98. The number of nitrogens with zero attached hydrogens (tertiary/aromatic N) is 1. The predicted octanol–water partition coefficient (Wildman–Crippen LogP) is 4.16. The summed E-state index contributed by atoms with van der Waals surface area (Å²) in [5.41, 5.74) is 2.02. The molecule has 30 heavy (non-hydrogen) atoms. The van der Waals surface area contributed by atoms with Gasteiger partial charge in [0.05, 0.1) is 5.75 Å². The monoisotopic (exact) mass is 418 g/mol. The number of thioether (sulfide) groups is 1. The zero-order valence-corrected chi connectivity index (χ0v) is 17.8. The van der Waals surface area contributed by atoms with Gasteiger partial charge in [0.2, 0.25) is 11.8 Å². The highest BCUT2D eigenvalue weighted by molar-refractivity contribution is 8.00. The minimum Gasteiger partial charge on any atom is -0.357 e. The number of hydrogen-bond donors (Lipinski definition) is 1. The Bertz CT molecular complexity index is 933. The van der Waals surface area contributed by atoms with Crippen LogP contribution in [0.5, 0.6) is 0 Å². The summed E-state index contributed by atoms with van der Waals surface area (Å²) in [5.74, 6) is 0.0594. The van der Waals surface area contributed by atoms with Gasteiger partial charge in [0, 0.05) is 24.9 Å². The minimum absolute atomic E-state index is 0.0581. The van der Waals surface area contributed by atoms with Crippen LogP contribution in [0.25, 0.3) is 0 Å². The van der Waals surface area contributed by atoms with Crippen molar-refractivity contribution in [2.75, 3.05) is 12.8 Å². The molecule has 0 bridgehead atoms. The van der Waals surface area contributed by atoms with Crippen molar-refractivity contribution < 1.29 is 9.59 Å². The molecule has 3 aromatic carbocycles. The maximum Gasteiger partial charge on any atom is 0.242 e. The van der Waals surface area contributed by atoms with Gasteiger partial charge in [-0.05, 0) is 23.3 Å². The molecule has 0 aliphatic rings. The summed E-state index contributed by atoms with van der Waals surface area (Å²) in [6.07, 6.45) is 0.467. The third-order valence-corrected chi connectivity index (χ3v) is 5.82. The van der Waals surface area contributed by atoms with Crippen molar-refractivity contribution in [3.63, 3.8) is 0 Å². The molecule has 5 heteroatoms. The van der Waals surface area contributed by atoms with E-state index in [1.807, 2.05) is 91.0 Å². The van der Waals surface area contributed by atoms with Crippen LogP contribution in [-0.4, -0.2) is 35.6 Å². The van der Waals surface area contributed by atoms with Gasteiger partial charge in [0.25, 0.3) is 0 Å². The molecule has 0 aliphatic heterocycles. The third-order valence-electron chi connectivity index (χ3n) is 4.82. The Balaban J connectivity index is 1.84. The van der Waals surface area contributed by atoms with Gasteiger partial charge in [-0.1, -0.05) is 78.9 Å². The lowest BCUT2D eigenvalue weighted by molar-refractivity contribution is -0.139. The summed E-state index contributed by atoms with van der Waals surface area (Å²) < 4.78 is 0. The summed E-state index contributed by atoms with van der Waals surface area (Å²) in [6, 6.07) is 28.9. The fraction of sp³-hybridized carbons (Fsp3) is 0.200. The molecule has 0 radical (unpaired) electrons. The summed E-state index contributed by atoms with van der Waals surface area (Å²) >= 11 is 1.49. The van der Waals surface area contributed by atoms with E-state index in [0.717, 1.165) is 16.0 Å². The van der Waals surface area contributed by atoms with Crippen LogP contribution in [0, 0.1) is 0 Å². The normalized spacial score (nSPS) is 11.5. The molecule has 0 spiro atoms. The molecular weight excluding hydrogens is 392 g/mol. The standard InChI is InChI=1S/C25H26N2O2S/c1-26-25(29)23(17-20-11-5-2-6-12-20)27(18-21-13-7-3-8-14-21)24(28)19-30-22-15-9-4-10-16-22/h2-16,23H,17-19H2,1H3,(H,26,29)/t23-/m1/s1. The van der Waals surface area contributed by atoms with Gasteiger partial charge in [-0.3, -0.25) is 9.59 Å². The molecule has 0 saturated heterocycles. The van der Waals surface area contributed by atoms with Crippen LogP contribution < -0.4 is 5.32 Å². The maximum atomic E-state index is 13.3. The number of nitrogens with one attached hydrogen (secondary N) is 1. The smallest absolute Gasteiger partial charge is 0.242 e. The number of carbonyl (C=O) groups is 2. The van der Waals surface area contributed by atoms with Gasteiger partial charge in [0.1, 0.15) is 6.04 Å². The van der Waals surface area contributed by atoms with Crippen molar-refractivity contribution in [3.05, 3.63) is 102 Å². The minimum atomic E-state index is -0.582. The van der Waals surface area contributed by atoms with E-state index < -0.39 is 6.04 Å². The van der Waals surface area contributed by atoms with Gasteiger partial charge in [-0.25, -0.2) is 0 Å². The van der Waals surface area contributed by atoms with Crippen LogP contribution in [0.3, 0.4) is 0 Å². The zero-order chi connectivity index (χ0) is 21.2. The Hall–Kier alpha value is -3.05. The highest BCUT2D eigenvalue weighted by Crippen LogP contribution is 2.20. The van der Waals surface area contributed by atoms with E-state index in [0.29, 0.717) is 13.0 Å². The molecular formula is C25H26N2O2S. The summed E-state index contributed by atoms with van der Waals surface area (Å²) in [4.78, 5) is 28.9. The Morgan fingerprint density at radius 1 is 0.833 bits per heavy atom. The SMILES string of the molecule is CNC(=O)[C@@H](Cc1ccccc1)N(Cc1ccccc1)C(=O)CSc1ccccc1. The summed E-state index contributed by atoms with van der Waals surface area (Å²) in [6.45, 7) is 0.389. The van der Waals surface area contributed by atoms with E-state index >= 15 is 0 Å². The van der Waals surface area contributed by atoms with Gasteiger partial charge < -0.3 is 10.2 Å². The Kier molecular flexibility index (Phi) is 8.10. The van der Waals surface area contributed by atoms with Crippen molar-refractivity contribution in [3.8, 4) is 0 Å². The molecule has 3 rings (SSSR count). The van der Waals surface area contributed by atoms with Gasteiger partial charge in [0.15, 0.2) is 0 Å². The summed E-state index contributed by atoms with van der Waals surface area (Å²) in [5, 5.41) is 2.74. The molecule has 0 unspecified atom stereocenters. The largest absolute Gasteiger partial charge is 0.357 e. The molecule has 0 aromatic heterocycles. The summed E-state index contributed by atoms with van der Waals surface area (Å²) in [7, 11) is 1.62. The van der Waals surface area contributed by atoms with E-state index in [1.54, 1.807) is 11.9 Å². The van der Waals surface area contributed by atoms with E-state index in [2.05, 4.69) is 5.32 Å². The molecule has 3 aromatic rings. The average molecular weight is 419 g/mol. The first kappa shape index (κ1) is 21.7. The van der Waals surface area contributed by atoms with E-state index in [1.165, 1.54) is 11.8 Å². The fourth-order valence-corrected chi connectivity index (χ4v) is 4.05. The molecule has 0 heterocycles. The molecule has 0 aliphatic carbocycles. The second-order valence-electron chi connectivity index (χ2n) is 6.93. The van der Waals surface area contributed by atoms with Crippen LogP contribution in [-0.2, 0) is 22.6 Å². The van der Waals surface area contributed by atoms with Gasteiger partial charge in [-0.2, -0.15) is 0 Å². The Morgan fingerprint density at radius 2 is 1.37 bits per heavy atom. The Labute approximate surface area is 182 Å². The lowest BCUT2D eigenvalue weighted by Crippen LogP contribution is -2.50. The van der Waals surface area contributed by atoms with Crippen molar-refractivity contribution in [1.82, 2.24) is 10.2 Å². The van der Waals surface area contributed by atoms with E-state index in [9.17, 15) is 9.59 Å². The molecule has 2 amide bonds. The second kappa shape index (κ2) is 11.2. The van der Waals surface area contributed by atoms with Crippen molar-refractivity contribution >= 4 is 23.6 Å². The topological polar surface area (TPSA) is 49.4 Å². The highest BCUT2D eigenvalue weighted by atomic mass is 32.2. The van der Waals surface area contributed by atoms with Crippen LogP contribution in [0.1, 0.15) is 11.1 Å². The lowest BCUT2D eigenvalue weighted by atomic mass is 10.0. The number of likely N-dealkylation sites (N-methyl/N-ethyl adjacent to an activating group) is 1. The lowest BCUT2D eigenvalue weighted by Gasteiger charge is -2.31. The molecule has 1 atom stereocenters. The molecule has 4 nitrogen and oxygen atoms in total. The van der Waals surface area contributed by atoms with Crippen LogP contribution >= 0.6 is 11.8 Å². The molecule has 0 fully saturated rings. The van der Waals surface area contributed by atoms with Gasteiger partial charge >= 0.3 is 0 Å². The number of benzene rings is 3. The van der Waals surface area contributed by atoms with Crippen molar-refractivity contribution in [2.24, 2.45) is 0 Å². The predicted molar refractivity (Wildman–Crippen MR) is 122 cm³/mol.